The Balaban J connectivity index is 1.86. The van der Waals surface area contributed by atoms with E-state index in [2.05, 4.69) is 19.2 Å². The van der Waals surface area contributed by atoms with Crippen molar-refractivity contribution in [1.29, 1.82) is 0 Å². The highest BCUT2D eigenvalue weighted by molar-refractivity contribution is 5.89. The van der Waals surface area contributed by atoms with Crippen molar-refractivity contribution in [2.75, 3.05) is 13.1 Å². The average molecular weight is 317 g/mol. The Kier molecular flexibility index (Phi) is 6.16. The minimum Gasteiger partial charge on any atom is -0.354 e. The van der Waals surface area contributed by atoms with Crippen LogP contribution in [0.4, 0.5) is 0 Å². The monoisotopic (exact) mass is 317 g/mol. The van der Waals surface area contributed by atoms with Gasteiger partial charge in [0.05, 0.1) is 5.92 Å². The van der Waals surface area contributed by atoms with Crippen LogP contribution in [0.3, 0.4) is 0 Å². The van der Waals surface area contributed by atoms with Gasteiger partial charge in [0.25, 0.3) is 0 Å². The molecule has 1 heterocycles. The lowest BCUT2D eigenvalue weighted by atomic mass is 10.1. The third-order valence-corrected chi connectivity index (χ3v) is 4.64. The van der Waals surface area contributed by atoms with Crippen molar-refractivity contribution in [2.45, 2.75) is 45.2 Å². The largest absolute Gasteiger partial charge is 0.354 e. The number of nitrogens with one attached hydrogen (secondary N) is 1. The molecule has 0 aromatic heterocycles. The van der Waals surface area contributed by atoms with Crippen LogP contribution in [0, 0.1) is 5.92 Å². The zero-order valence-electron chi connectivity index (χ0n) is 14.0. The summed E-state index contributed by atoms with van der Waals surface area (Å²) in [4.78, 5) is 26.3. The van der Waals surface area contributed by atoms with E-state index in [4.69, 9.17) is 5.73 Å². The van der Waals surface area contributed by atoms with E-state index in [0.717, 1.165) is 18.4 Å². The van der Waals surface area contributed by atoms with Gasteiger partial charge in [0.1, 0.15) is 0 Å². The molecule has 3 N–H and O–H groups in total. The minimum absolute atomic E-state index is 0.0711. The maximum absolute atomic E-state index is 12.3. The molecule has 126 valence electrons. The number of carbonyl (C=O) groups excluding carboxylic acids is 2. The fourth-order valence-corrected chi connectivity index (χ4v) is 3.16. The van der Waals surface area contributed by atoms with Crippen molar-refractivity contribution in [2.24, 2.45) is 11.7 Å². The number of amides is 2. The molecular weight excluding hydrogens is 290 g/mol. The average Bonchev–Trinajstić information content (AvgIpc) is 2.96. The van der Waals surface area contributed by atoms with Crippen molar-refractivity contribution in [3.8, 4) is 0 Å². The molecule has 2 atom stereocenters. The normalized spacial score (nSPS) is 19.2. The fourth-order valence-electron chi connectivity index (χ4n) is 3.16. The van der Waals surface area contributed by atoms with E-state index in [1.165, 1.54) is 0 Å². The first kappa shape index (κ1) is 17.5. The maximum atomic E-state index is 12.3. The van der Waals surface area contributed by atoms with E-state index in [0.29, 0.717) is 19.5 Å². The van der Waals surface area contributed by atoms with E-state index in [1.807, 2.05) is 35.2 Å². The van der Waals surface area contributed by atoms with Crippen LogP contribution in [0.25, 0.3) is 0 Å². The number of benzene rings is 1. The second-order valence-electron chi connectivity index (χ2n) is 6.18. The quantitative estimate of drug-likeness (QED) is 0.806. The lowest BCUT2D eigenvalue weighted by Crippen LogP contribution is -2.39. The highest BCUT2D eigenvalue weighted by Gasteiger charge is 2.36. The highest BCUT2D eigenvalue weighted by Crippen LogP contribution is 2.23. The second-order valence-corrected chi connectivity index (χ2v) is 6.18. The van der Waals surface area contributed by atoms with Crippen molar-refractivity contribution in [3.63, 3.8) is 0 Å². The Bertz CT molecular complexity index is 528. The summed E-state index contributed by atoms with van der Waals surface area (Å²) in [5.41, 5.74) is 7.09. The van der Waals surface area contributed by atoms with Gasteiger partial charge in [0, 0.05) is 31.6 Å². The number of hydrogen-bond acceptors (Lipinski definition) is 3. The summed E-state index contributed by atoms with van der Waals surface area (Å²) in [5, 5.41) is 2.90. The van der Waals surface area contributed by atoms with Gasteiger partial charge in [0.15, 0.2) is 0 Å². The van der Waals surface area contributed by atoms with Gasteiger partial charge in [-0.1, -0.05) is 44.2 Å². The summed E-state index contributed by atoms with van der Waals surface area (Å²) in [6.07, 6.45) is 2.16. The standard InChI is InChI=1S/C18H27N3O2/c1-3-15(4-2)21-12-14(10-17(21)22)18(23)20-11-16(19)13-8-6-5-7-9-13/h5-9,14-16H,3-4,10-12,19H2,1-2H3,(H,20,23). The number of nitrogens with zero attached hydrogens (tertiary/aromatic N) is 1. The Morgan fingerprint density at radius 2 is 1.96 bits per heavy atom. The van der Waals surface area contributed by atoms with Crippen molar-refractivity contribution < 1.29 is 9.59 Å². The van der Waals surface area contributed by atoms with Crippen molar-refractivity contribution in [3.05, 3.63) is 35.9 Å². The number of carbonyl (C=O) groups is 2. The predicted octanol–water partition coefficient (Wildman–Crippen LogP) is 1.84. The smallest absolute Gasteiger partial charge is 0.225 e. The number of hydrogen-bond donors (Lipinski definition) is 2. The summed E-state index contributed by atoms with van der Waals surface area (Å²) in [5.74, 6) is -0.240. The van der Waals surface area contributed by atoms with E-state index < -0.39 is 0 Å². The Labute approximate surface area is 138 Å². The zero-order chi connectivity index (χ0) is 16.8. The summed E-state index contributed by atoms with van der Waals surface area (Å²) < 4.78 is 0. The van der Waals surface area contributed by atoms with Crippen LogP contribution >= 0.6 is 0 Å². The van der Waals surface area contributed by atoms with E-state index >= 15 is 0 Å². The van der Waals surface area contributed by atoms with E-state index in [9.17, 15) is 9.59 Å². The van der Waals surface area contributed by atoms with Crippen molar-refractivity contribution >= 4 is 11.8 Å². The molecular formula is C18H27N3O2. The molecule has 0 saturated carbocycles. The topological polar surface area (TPSA) is 75.4 Å². The summed E-state index contributed by atoms with van der Waals surface area (Å²) >= 11 is 0. The molecule has 1 fully saturated rings. The van der Waals surface area contributed by atoms with E-state index in [-0.39, 0.29) is 29.8 Å². The molecule has 2 rings (SSSR count). The lowest BCUT2D eigenvalue weighted by molar-refractivity contribution is -0.130. The fraction of sp³-hybridized carbons (Fsp3) is 0.556. The molecule has 1 aromatic rings. The van der Waals surface area contributed by atoms with Gasteiger partial charge in [-0.3, -0.25) is 9.59 Å². The Hall–Kier alpha value is -1.88. The third kappa shape index (κ3) is 4.32. The number of likely N-dealkylation sites (tertiary alicyclic amines) is 1. The minimum atomic E-state index is -0.258. The summed E-state index contributed by atoms with van der Waals surface area (Å²) in [6.45, 7) is 5.07. The maximum Gasteiger partial charge on any atom is 0.225 e. The van der Waals surface area contributed by atoms with Crippen LogP contribution in [0.15, 0.2) is 30.3 Å². The molecule has 1 aromatic carbocycles. The molecule has 23 heavy (non-hydrogen) atoms. The second kappa shape index (κ2) is 8.11. The van der Waals surface area contributed by atoms with Crippen LogP contribution in [-0.2, 0) is 9.59 Å². The van der Waals surface area contributed by atoms with Crippen LogP contribution in [0.5, 0.6) is 0 Å². The zero-order valence-corrected chi connectivity index (χ0v) is 14.0. The first-order valence-electron chi connectivity index (χ1n) is 8.44. The molecule has 1 saturated heterocycles. The van der Waals surface area contributed by atoms with Crippen LogP contribution in [0.2, 0.25) is 0 Å². The molecule has 2 unspecified atom stereocenters. The van der Waals surface area contributed by atoms with Gasteiger partial charge >= 0.3 is 0 Å². The molecule has 2 amide bonds. The molecule has 1 aliphatic heterocycles. The molecule has 0 aliphatic carbocycles. The van der Waals surface area contributed by atoms with Gasteiger partial charge in [-0.05, 0) is 18.4 Å². The van der Waals surface area contributed by atoms with Gasteiger partial charge in [-0.2, -0.15) is 0 Å². The predicted molar refractivity (Wildman–Crippen MR) is 90.6 cm³/mol. The number of rotatable bonds is 7. The van der Waals surface area contributed by atoms with Gasteiger partial charge < -0.3 is 16.0 Å². The number of nitrogens with two attached hydrogens (primary N) is 1. The summed E-state index contributed by atoms with van der Waals surface area (Å²) in [7, 11) is 0. The molecule has 0 bridgehead atoms. The van der Waals surface area contributed by atoms with Crippen LogP contribution in [0.1, 0.15) is 44.7 Å². The molecule has 5 heteroatoms. The van der Waals surface area contributed by atoms with Crippen molar-refractivity contribution in [1.82, 2.24) is 10.2 Å². The molecule has 5 nitrogen and oxygen atoms in total. The van der Waals surface area contributed by atoms with Gasteiger partial charge in [-0.15, -0.1) is 0 Å². The highest BCUT2D eigenvalue weighted by atomic mass is 16.2. The third-order valence-electron chi connectivity index (χ3n) is 4.64. The SMILES string of the molecule is CCC(CC)N1CC(C(=O)NCC(N)c2ccccc2)CC1=O. The van der Waals surface area contributed by atoms with Gasteiger partial charge in [-0.25, -0.2) is 0 Å². The van der Waals surface area contributed by atoms with Crippen LogP contribution < -0.4 is 11.1 Å². The van der Waals surface area contributed by atoms with E-state index in [1.54, 1.807) is 0 Å². The first-order valence-corrected chi connectivity index (χ1v) is 8.44. The molecule has 0 spiro atoms. The van der Waals surface area contributed by atoms with Crippen LogP contribution in [-0.4, -0.2) is 35.8 Å². The van der Waals surface area contributed by atoms with Gasteiger partial charge in [0.2, 0.25) is 11.8 Å². The summed E-state index contributed by atoms with van der Waals surface area (Å²) in [6, 6.07) is 9.71. The Morgan fingerprint density at radius 1 is 1.30 bits per heavy atom. The molecule has 0 radical (unpaired) electrons. The Morgan fingerprint density at radius 3 is 2.57 bits per heavy atom. The lowest BCUT2D eigenvalue weighted by Gasteiger charge is -2.26. The molecule has 1 aliphatic rings. The first-order chi connectivity index (χ1) is 11.1.